The van der Waals surface area contributed by atoms with Crippen molar-refractivity contribution in [3.8, 4) is 6.07 Å². The molecule has 190 valence electrons. The van der Waals surface area contributed by atoms with Gasteiger partial charge < -0.3 is 20.3 Å². The van der Waals surface area contributed by atoms with Gasteiger partial charge in [-0.05, 0) is 41.3 Å². The molecule has 1 aromatic heterocycles. The van der Waals surface area contributed by atoms with Gasteiger partial charge in [0.2, 0.25) is 5.91 Å². The number of nitriles is 1. The number of carboxylic acids is 1. The van der Waals surface area contributed by atoms with Gasteiger partial charge >= 0.3 is 5.97 Å². The Morgan fingerprint density at radius 3 is 2.58 bits per heavy atom. The van der Waals surface area contributed by atoms with E-state index in [0.29, 0.717) is 25.2 Å². The largest absolute Gasteiger partial charge is 0.478 e. The highest BCUT2D eigenvalue weighted by atomic mass is 35.5. The van der Waals surface area contributed by atoms with E-state index in [1.165, 1.54) is 0 Å². The first kappa shape index (κ1) is 28.6. The van der Waals surface area contributed by atoms with Crippen molar-refractivity contribution in [2.75, 3.05) is 6.54 Å². The number of nitrogens with one attached hydrogen (secondary N) is 2. The average molecular weight is 510 g/mol. The Kier molecular flexibility index (Phi) is 11.1. The number of carbonyl (C=O) groups is 2. The Balaban J connectivity index is 0.00000456. The van der Waals surface area contributed by atoms with E-state index in [-0.39, 0.29) is 42.3 Å². The molecule has 3 rings (SSSR count). The maximum absolute atomic E-state index is 12.9. The van der Waals surface area contributed by atoms with Crippen LogP contribution in [0.25, 0.3) is 0 Å². The molecule has 0 aliphatic heterocycles. The molecule has 1 heterocycles. The number of aromatic carboxylic acids is 1. The first-order chi connectivity index (χ1) is 16.9. The lowest BCUT2D eigenvalue weighted by atomic mass is 9.98. The minimum Gasteiger partial charge on any atom is -0.478 e. The summed E-state index contributed by atoms with van der Waals surface area (Å²) in [6.45, 7) is 5.85. The molecule has 0 saturated heterocycles. The van der Waals surface area contributed by atoms with Crippen LogP contribution in [0.1, 0.15) is 53.0 Å². The molecular formula is C27H32ClN5O3. The van der Waals surface area contributed by atoms with Crippen LogP contribution in [0.3, 0.4) is 0 Å². The van der Waals surface area contributed by atoms with Crippen LogP contribution >= 0.6 is 12.4 Å². The second-order valence-corrected chi connectivity index (χ2v) is 8.69. The molecule has 9 heteroatoms. The van der Waals surface area contributed by atoms with Crippen molar-refractivity contribution < 1.29 is 14.7 Å². The van der Waals surface area contributed by atoms with Crippen molar-refractivity contribution in [3.63, 3.8) is 0 Å². The lowest BCUT2D eigenvalue weighted by molar-refractivity contribution is -0.121. The third-order valence-corrected chi connectivity index (χ3v) is 6.12. The van der Waals surface area contributed by atoms with Crippen molar-refractivity contribution in [1.29, 1.82) is 5.26 Å². The van der Waals surface area contributed by atoms with Gasteiger partial charge in [0.05, 0.1) is 29.9 Å². The summed E-state index contributed by atoms with van der Waals surface area (Å²) >= 11 is 0. The van der Waals surface area contributed by atoms with Gasteiger partial charge in [0.15, 0.2) is 0 Å². The van der Waals surface area contributed by atoms with Gasteiger partial charge in [-0.3, -0.25) is 4.79 Å². The van der Waals surface area contributed by atoms with E-state index >= 15 is 0 Å². The number of amides is 1. The summed E-state index contributed by atoms with van der Waals surface area (Å²) in [5.74, 6) is -0.762. The van der Waals surface area contributed by atoms with Crippen LogP contribution < -0.4 is 10.6 Å². The van der Waals surface area contributed by atoms with Crippen molar-refractivity contribution in [2.45, 2.75) is 45.8 Å². The number of rotatable bonds is 12. The predicted octanol–water partition coefficient (Wildman–Crippen LogP) is 3.79. The smallest absolute Gasteiger partial charge is 0.335 e. The molecule has 36 heavy (non-hydrogen) atoms. The number of carbonyl (C=O) groups excluding carboxylic acids is 1. The summed E-state index contributed by atoms with van der Waals surface area (Å²) < 4.78 is 1.94. The van der Waals surface area contributed by atoms with E-state index in [1.807, 2.05) is 22.8 Å². The monoisotopic (exact) mass is 509 g/mol. The fourth-order valence-corrected chi connectivity index (χ4v) is 3.81. The molecule has 3 N–H and O–H groups in total. The highest BCUT2D eigenvalue weighted by Crippen LogP contribution is 2.11. The third-order valence-electron chi connectivity index (χ3n) is 6.12. The Hall–Kier alpha value is -3.67. The molecule has 0 spiro atoms. The van der Waals surface area contributed by atoms with Gasteiger partial charge in [0, 0.05) is 37.6 Å². The number of imidazole rings is 1. The fourth-order valence-electron chi connectivity index (χ4n) is 3.81. The van der Waals surface area contributed by atoms with E-state index in [1.54, 1.807) is 42.9 Å². The second-order valence-electron chi connectivity index (χ2n) is 8.69. The van der Waals surface area contributed by atoms with Crippen LogP contribution in [0.2, 0.25) is 0 Å². The lowest BCUT2D eigenvalue weighted by Gasteiger charge is -2.25. The first-order valence-corrected chi connectivity index (χ1v) is 11.7. The number of hydrogen-bond donors (Lipinski definition) is 3. The highest BCUT2D eigenvalue weighted by Gasteiger charge is 2.19. The van der Waals surface area contributed by atoms with Crippen LogP contribution in [0.15, 0.2) is 61.1 Å². The van der Waals surface area contributed by atoms with Gasteiger partial charge in [-0.25, -0.2) is 9.78 Å². The number of hydrogen-bond acceptors (Lipinski definition) is 5. The lowest BCUT2D eigenvalue weighted by Crippen LogP contribution is -2.46. The van der Waals surface area contributed by atoms with Crippen LogP contribution in [-0.2, 0) is 24.3 Å². The molecule has 2 aromatic carbocycles. The minimum absolute atomic E-state index is 0. The van der Waals surface area contributed by atoms with Gasteiger partial charge in [-0.1, -0.05) is 44.5 Å². The van der Waals surface area contributed by atoms with E-state index < -0.39 is 5.97 Å². The molecule has 0 saturated carbocycles. The number of benzene rings is 2. The summed E-state index contributed by atoms with van der Waals surface area (Å²) in [5, 5.41) is 24.6. The predicted molar refractivity (Wildman–Crippen MR) is 140 cm³/mol. The molecule has 0 bridgehead atoms. The van der Waals surface area contributed by atoms with Crippen LogP contribution in [0.4, 0.5) is 0 Å². The summed E-state index contributed by atoms with van der Waals surface area (Å²) in [6, 6.07) is 16.2. The average Bonchev–Trinajstić information content (AvgIpc) is 3.29. The zero-order valence-corrected chi connectivity index (χ0v) is 21.3. The first-order valence-electron chi connectivity index (χ1n) is 11.7. The molecule has 0 aliphatic rings. The van der Waals surface area contributed by atoms with Crippen molar-refractivity contribution in [1.82, 2.24) is 20.2 Å². The van der Waals surface area contributed by atoms with Gasteiger partial charge in [0.25, 0.3) is 0 Å². The molecule has 3 aromatic rings. The highest BCUT2D eigenvalue weighted by molar-refractivity contribution is 5.87. The molecule has 0 radical (unpaired) electrons. The standard InChI is InChI=1S/C27H31N5O3.ClH/c1-3-19(2)25(16-29-14-22-5-4-6-23(11-22)27(34)35)31-26(33)12-24-15-30-18-32(24)17-21-9-7-20(13-28)8-10-21;/h4-11,15,18-19,25,29H,3,12,14,16-17H2,1-2H3,(H,31,33)(H,34,35);1H/t19-,25+;/m0./s1. The van der Waals surface area contributed by atoms with Crippen molar-refractivity contribution >= 4 is 24.3 Å². The molecular weight excluding hydrogens is 478 g/mol. The maximum atomic E-state index is 12.9. The minimum atomic E-state index is -0.949. The summed E-state index contributed by atoms with van der Waals surface area (Å²) in [4.78, 5) is 28.3. The molecule has 2 atom stereocenters. The van der Waals surface area contributed by atoms with Crippen molar-refractivity contribution in [2.24, 2.45) is 5.92 Å². The Morgan fingerprint density at radius 2 is 1.92 bits per heavy atom. The Labute approximate surface area is 217 Å². The van der Waals surface area contributed by atoms with E-state index in [0.717, 1.165) is 23.2 Å². The summed E-state index contributed by atoms with van der Waals surface area (Å²) in [5.41, 5.74) is 3.59. The van der Waals surface area contributed by atoms with Gasteiger partial charge in [-0.15, -0.1) is 12.4 Å². The molecule has 0 aliphatic carbocycles. The summed E-state index contributed by atoms with van der Waals surface area (Å²) in [6.07, 6.45) is 4.54. The second kappa shape index (κ2) is 14.0. The topological polar surface area (TPSA) is 120 Å². The molecule has 0 unspecified atom stereocenters. The molecule has 8 nitrogen and oxygen atoms in total. The van der Waals surface area contributed by atoms with Crippen molar-refractivity contribution in [3.05, 3.63) is 89.0 Å². The fraction of sp³-hybridized carbons (Fsp3) is 0.333. The SMILES string of the molecule is CC[C@H](C)[C@@H](CNCc1cccc(C(=O)O)c1)NC(=O)Cc1cncn1Cc1ccc(C#N)cc1.Cl. The van der Waals surface area contributed by atoms with E-state index in [9.17, 15) is 9.59 Å². The van der Waals surface area contributed by atoms with Crippen LogP contribution in [-0.4, -0.2) is 39.1 Å². The summed E-state index contributed by atoms with van der Waals surface area (Å²) in [7, 11) is 0. The maximum Gasteiger partial charge on any atom is 0.335 e. The normalized spacial score (nSPS) is 12.1. The van der Waals surface area contributed by atoms with Gasteiger partial charge in [-0.2, -0.15) is 5.26 Å². The number of aromatic nitrogens is 2. The molecule has 1 amide bonds. The van der Waals surface area contributed by atoms with E-state index in [4.69, 9.17) is 10.4 Å². The quantitative estimate of drug-likeness (QED) is 0.341. The molecule has 0 fully saturated rings. The Bertz CT molecular complexity index is 1190. The zero-order valence-electron chi connectivity index (χ0n) is 20.5. The van der Waals surface area contributed by atoms with Gasteiger partial charge in [0.1, 0.15) is 0 Å². The number of nitrogens with zero attached hydrogens (tertiary/aromatic N) is 3. The van der Waals surface area contributed by atoms with E-state index in [2.05, 4.69) is 35.5 Å². The number of carboxylic acid groups (broad SMARTS) is 1. The third kappa shape index (κ3) is 8.22. The van der Waals surface area contributed by atoms with Crippen LogP contribution in [0, 0.1) is 17.2 Å². The number of halogens is 1. The zero-order chi connectivity index (χ0) is 25.2. The van der Waals surface area contributed by atoms with Crippen LogP contribution in [0.5, 0.6) is 0 Å². The Morgan fingerprint density at radius 1 is 1.17 bits per heavy atom.